The summed E-state index contributed by atoms with van der Waals surface area (Å²) in [5.74, 6) is 0.0289. The fourth-order valence-electron chi connectivity index (χ4n) is 2.06. The van der Waals surface area contributed by atoms with Gasteiger partial charge in [0.15, 0.2) is 5.82 Å². The van der Waals surface area contributed by atoms with Crippen LogP contribution in [0.4, 0.5) is 4.39 Å². The molecular weight excluding hydrogens is 253 g/mol. The van der Waals surface area contributed by atoms with Crippen molar-refractivity contribution in [1.82, 2.24) is 15.3 Å². The van der Waals surface area contributed by atoms with Crippen LogP contribution in [-0.4, -0.2) is 16.5 Å². The third-order valence-corrected chi connectivity index (χ3v) is 3.31. The van der Waals surface area contributed by atoms with Gasteiger partial charge >= 0.3 is 0 Å². The largest absolute Gasteiger partial charge is 0.312 e. The van der Waals surface area contributed by atoms with E-state index >= 15 is 0 Å². The first-order valence-electron chi connectivity index (χ1n) is 5.76. The van der Waals surface area contributed by atoms with Crippen molar-refractivity contribution < 1.29 is 4.39 Å². The average Bonchev–Trinajstić information content (AvgIpc) is 2.39. The maximum Gasteiger partial charge on any atom is 0.164 e. The molecule has 1 aromatic heterocycles. The predicted octanol–water partition coefficient (Wildman–Crippen LogP) is 2.58. The van der Waals surface area contributed by atoms with E-state index in [9.17, 15) is 4.39 Å². The van der Waals surface area contributed by atoms with E-state index in [-0.39, 0.29) is 5.82 Å². The second-order valence-corrected chi connectivity index (χ2v) is 4.53. The van der Waals surface area contributed by atoms with Gasteiger partial charge in [0.25, 0.3) is 0 Å². The van der Waals surface area contributed by atoms with Crippen LogP contribution in [0.3, 0.4) is 0 Å². The number of rotatable bonds is 1. The Kier molecular flexibility index (Phi) is 2.97. The highest BCUT2D eigenvalue weighted by Crippen LogP contribution is 2.25. The van der Waals surface area contributed by atoms with Crippen molar-refractivity contribution in [3.05, 3.63) is 46.5 Å². The number of hydrogen-bond donors (Lipinski definition) is 1. The van der Waals surface area contributed by atoms with Crippen LogP contribution in [0.25, 0.3) is 11.4 Å². The quantitative estimate of drug-likeness (QED) is 0.804. The first-order valence-corrected chi connectivity index (χ1v) is 6.14. The van der Waals surface area contributed by atoms with Crippen molar-refractivity contribution >= 4 is 11.6 Å². The smallest absolute Gasteiger partial charge is 0.164 e. The molecule has 0 saturated heterocycles. The first-order chi connectivity index (χ1) is 8.75. The van der Waals surface area contributed by atoms with Gasteiger partial charge in [-0.3, -0.25) is 0 Å². The fourth-order valence-corrected chi connectivity index (χ4v) is 2.32. The second-order valence-electron chi connectivity index (χ2n) is 4.17. The van der Waals surface area contributed by atoms with Crippen LogP contribution >= 0.6 is 11.6 Å². The highest BCUT2D eigenvalue weighted by molar-refractivity contribution is 6.30. The van der Waals surface area contributed by atoms with Gasteiger partial charge in [-0.1, -0.05) is 23.7 Å². The Hall–Kier alpha value is -1.52. The molecule has 0 unspecified atom stereocenters. The van der Waals surface area contributed by atoms with E-state index < -0.39 is 0 Å². The lowest BCUT2D eigenvalue weighted by Gasteiger charge is -2.17. The molecule has 0 aliphatic carbocycles. The molecule has 0 saturated carbocycles. The lowest BCUT2D eigenvalue weighted by molar-refractivity contribution is 0.620. The van der Waals surface area contributed by atoms with Gasteiger partial charge in [0.1, 0.15) is 11.0 Å². The minimum absolute atomic E-state index is 0.331. The van der Waals surface area contributed by atoms with Crippen molar-refractivity contribution in [2.24, 2.45) is 0 Å². The number of fused-ring (bicyclic) bond motifs is 1. The van der Waals surface area contributed by atoms with E-state index in [0.717, 1.165) is 24.2 Å². The number of halogens is 2. The highest BCUT2D eigenvalue weighted by atomic mass is 35.5. The Morgan fingerprint density at radius 1 is 1.22 bits per heavy atom. The van der Waals surface area contributed by atoms with Gasteiger partial charge in [-0.05, 0) is 12.1 Å². The Labute approximate surface area is 109 Å². The zero-order chi connectivity index (χ0) is 12.5. The molecule has 0 radical (unpaired) electrons. The lowest BCUT2D eigenvalue weighted by Crippen LogP contribution is -2.25. The van der Waals surface area contributed by atoms with Gasteiger partial charge in [0.05, 0.1) is 11.3 Å². The Balaban J connectivity index is 2.14. The van der Waals surface area contributed by atoms with Crippen LogP contribution in [0.15, 0.2) is 24.3 Å². The van der Waals surface area contributed by atoms with Gasteiger partial charge in [0.2, 0.25) is 0 Å². The summed E-state index contributed by atoms with van der Waals surface area (Å²) in [5, 5.41) is 3.62. The number of benzene rings is 1. The Morgan fingerprint density at radius 2 is 2.06 bits per heavy atom. The minimum atomic E-state index is -0.331. The Bertz CT molecular complexity index is 601. The van der Waals surface area contributed by atoms with Crippen LogP contribution in [0.5, 0.6) is 0 Å². The molecule has 0 fully saturated rings. The van der Waals surface area contributed by atoms with E-state index in [1.54, 1.807) is 18.2 Å². The summed E-state index contributed by atoms with van der Waals surface area (Å²) >= 11 is 6.14. The summed E-state index contributed by atoms with van der Waals surface area (Å²) in [6, 6.07) is 6.46. The summed E-state index contributed by atoms with van der Waals surface area (Å²) in [6.45, 7) is 1.53. The molecule has 5 heteroatoms. The molecule has 92 valence electrons. The predicted molar refractivity (Wildman–Crippen MR) is 67.8 cm³/mol. The summed E-state index contributed by atoms with van der Waals surface area (Å²) in [4.78, 5) is 8.62. The van der Waals surface area contributed by atoms with Gasteiger partial charge in [0, 0.05) is 25.1 Å². The van der Waals surface area contributed by atoms with E-state index in [0.29, 0.717) is 23.1 Å². The molecule has 3 nitrogen and oxygen atoms in total. The maximum atomic E-state index is 13.7. The van der Waals surface area contributed by atoms with Crippen molar-refractivity contribution in [3.8, 4) is 11.4 Å². The zero-order valence-corrected chi connectivity index (χ0v) is 10.3. The molecule has 1 aliphatic heterocycles. The average molecular weight is 264 g/mol. The monoisotopic (exact) mass is 263 g/mol. The van der Waals surface area contributed by atoms with Gasteiger partial charge in [-0.15, -0.1) is 0 Å². The van der Waals surface area contributed by atoms with Crippen molar-refractivity contribution in [2.75, 3.05) is 6.54 Å². The fraction of sp³-hybridized carbons (Fsp3) is 0.231. The van der Waals surface area contributed by atoms with Gasteiger partial charge < -0.3 is 5.32 Å². The highest BCUT2D eigenvalue weighted by Gasteiger charge is 2.18. The molecule has 1 aromatic carbocycles. The SMILES string of the molecule is Fc1ccccc1-c1nc(Cl)c2c(n1)CCNC2. The number of hydrogen-bond acceptors (Lipinski definition) is 3. The molecule has 1 aliphatic rings. The summed E-state index contributed by atoms with van der Waals surface area (Å²) in [6.07, 6.45) is 0.791. The zero-order valence-electron chi connectivity index (χ0n) is 9.58. The third-order valence-electron chi connectivity index (χ3n) is 3.00. The standard InChI is InChI=1S/C13H11ClFN3/c14-12-9-7-16-6-5-11(9)17-13(18-12)8-3-1-2-4-10(8)15/h1-4,16H,5-7H2. The van der Waals surface area contributed by atoms with Gasteiger partial charge in [-0.25, -0.2) is 14.4 Å². The third kappa shape index (κ3) is 1.98. The Morgan fingerprint density at radius 3 is 2.89 bits per heavy atom. The molecule has 0 bridgehead atoms. The molecule has 0 atom stereocenters. The van der Waals surface area contributed by atoms with Gasteiger partial charge in [-0.2, -0.15) is 0 Å². The van der Waals surface area contributed by atoms with Crippen LogP contribution in [0.2, 0.25) is 5.15 Å². The van der Waals surface area contributed by atoms with E-state index in [1.165, 1.54) is 6.07 Å². The molecular formula is C13H11ClFN3. The van der Waals surface area contributed by atoms with E-state index in [4.69, 9.17) is 11.6 Å². The van der Waals surface area contributed by atoms with Crippen molar-refractivity contribution in [2.45, 2.75) is 13.0 Å². The molecule has 0 amide bonds. The second kappa shape index (κ2) is 4.63. The topological polar surface area (TPSA) is 37.8 Å². The maximum absolute atomic E-state index is 13.7. The lowest BCUT2D eigenvalue weighted by atomic mass is 10.1. The summed E-state index contributed by atoms with van der Waals surface area (Å²) < 4.78 is 13.7. The number of nitrogens with one attached hydrogen (secondary N) is 1. The van der Waals surface area contributed by atoms with E-state index in [1.807, 2.05) is 0 Å². The molecule has 18 heavy (non-hydrogen) atoms. The summed E-state index contributed by atoms with van der Waals surface area (Å²) in [7, 11) is 0. The van der Waals surface area contributed by atoms with Crippen LogP contribution in [0, 0.1) is 5.82 Å². The van der Waals surface area contributed by atoms with E-state index in [2.05, 4.69) is 15.3 Å². The molecule has 3 rings (SSSR count). The molecule has 2 aromatic rings. The number of nitrogens with zero attached hydrogens (tertiary/aromatic N) is 2. The minimum Gasteiger partial charge on any atom is -0.312 e. The van der Waals surface area contributed by atoms with Crippen LogP contribution in [0.1, 0.15) is 11.3 Å². The van der Waals surface area contributed by atoms with Crippen LogP contribution < -0.4 is 5.32 Å². The molecule has 0 spiro atoms. The summed E-state index contributed by atoms with van der Waals surface area (Å²) in [5.41, 5.74) is 2.22. The van der Waals surface area contributed by atoms with Crippen molar-refractivity contribution in [1.29, 1.82) is 0 Å². The van der Waals surface area contributed by atoms with Crippen LogP contribution in [-0.2, 0) is 13.0 Å². The first kappa shape index (κ1) is 11.6. The normalized spacial score (nSPS) is 14.3. The molecule has 1 N–H and O–H groups in total. The van der Waals surface area contributed by atoms with Crippen molar-refractivity contribution in [3.63, 3.8) is 0 Å². The number of aromatic nitrogens is 2. The molecule has 2 heterocycles.